The summed E-state index contributed by atoms with van der Waals surface area (Å²) in [5.41, 5.74) is 0.722. The van der Waals surface area contributed by atoms with Crippen molar-refractivity contribution in [2.75, 3.05) is 38.5 Å². The van der Waals surface area contributed by atoms with E-state index in [-0.39, 0.29) is 12.6 Å². The van der Waals surface area contributed by atoms with E-state index in [4.69, 9.17) is 0 Å². The Kier molecular flexibility index (Phi) is 9.33. The molecule has 0 heterocycles. The molecule has 1 unspecified atom stereocenters. The van der Waals surface area contributed by atoms with Crippen LogP contribution in [0.25, 0.3) is 0 Å². The van der Waals surface area contributed by atoms with Crippen molar-refractivity contribution < 1.29 is 18.0 Å². The maximum Gasteiger partial charge on any atom is 0.243 e. The highest BCUT2D eigenvalue weighted by molar-refractivity contribution is 5.95. The van der Waals surface area contributed by atoms with Crippen LogP contribution in [-0.2, 0) is 4.79 Å². The summed E-state index contributed by atoms with van der Waals surface area (Å²) >= 11 is 0. The fraction of sp³-hybridized carbons (Fsp3) is 0.364. The second kappa shape index (κ2) is 11.9. The number of carbonyl (C=O) groups excluding carboxylic acids is 1. The zero-order valence-electron chi connectivity index (χ0n) is 17.9. The highest BCUT2D eigenvalue weighted by Crippen LogP contribution is 2.20. The fourth-order valence-electron chi connectivity index (χ4n) is 3.19. The molecule has 2 rings (SSSR count). The summed E-state index contributed by atoms with van der Waals surface area (Å²) in [4.78, 5) is 18.5. The number of nitrogens with one attached hydrogen (secondary N) is 3. The number of hydrogen-bond donors (Lipinski definition) is 3. The molecule has 0 fully saturated rings. The Bertz CT molecular complexity index is 888. The Morgan fingerprint density at radius 1 is 1.00 bits per heavy atom. The largest absolute Gasteiger partial charge is 0.354 e. The molecule has 0 saturated carbocycles. The second-order valence-corrected chi connectivity index (χ2v) is 6.73. The van der Waals surface area contributed by atoms with Gasteiger partial charge in [-0.1, -0.05) is 44.2 Å². The first-order valence-electron chi connectivity index (χ1n) is 10.1. The van der Waals surface area contributed by atoms with E-state index in [9.17, 15) is 18.0 Å². The van der Waals surface area contributed by atoms with E-state index in [1.807, 2.05) is 18.2 Å². The van der Waals surface area contributed by atoms with Crippen LogP contribution < -0.4 is 16.0 Å². The van der Waals surface area contributed by atoms with Crippen molar-refractivity contribution in [3.8, 4) is 0 Å². The Hall–Kier alpha value is -3.07. The lowest BCUT2D eigenvalue weighted by atomic mass is 10.1. The van der Waals surface area contributed by atoms with E-state index >= 15 is 0 Å². The Labute approximate surface area is 180 Å². The summed E-state index contributed by atoms with van der Waals surface area (Å²) in [5, 5.41) is 8.24. The van der Waals surface area contributed by atoms with Crippen LogP contribution in [0.2, 0.25) is 0 Å². The number of amides is 1. The number of guanidine groups is 1. The molecule has 1 amide bonds. The molecule has 168 valence electrons. The van der Waals surface area contributed by atoms with E-state index < -0.39 is 29.0 Å². The van der Waals surface area contributed by atoms with Crippen LogP contribution in [0, 0.1) is 17.5 Å². The summed E-state index contributed by atoms with van der Waals surface area (Å²) in [6, 6.07) is 11.9. The fourth-order valence-corrected chi connectivity index (χ4v) is 3.19. The smallest absolute Gasteiger partial charge is 0.243 e. The van der Waals surface area contributed by atoms with E-state index in [1.54, 1.807) is 7.05 Å². The Balaban J connectivity index is 1.95. The third kappa shape index (κ3) is 6.71. The minimum atomic E-state index is -1.63. The van der Waals surface area contributed by atoms with Crippen molar-refractivity contribution in [2.45, 2.75) is 19.9 Å². The molecule has 0 bridgehead atoms. The molecule has 0 spiro atoms. The van der Waals surface area contributed by atoms with Gasteiger partial charge in [-0.05, 0) is 30.8 Å². The van der Waals surface area contributed by atoms with Gasteiger partial charge in [-0.15, -0.1) is 0 Å². The molecule has 0 aromatic heterocycles. The standard InChI is InChI=1S/C22H28F3N5O/c1-4-30(5-2)18(15-9-7-6-8-10-15)13-27-22(26-3)28-14-19(31)29-17-12-11-16(23)20(24)21(17)25/h6-12,18H,4-5,13-14H2,1-3H3,(H,29,31)(H2,26,27,28). The Morgan fingerprint density at radius 3 is 2.29 bits per heavy atom. The Morgan fingerprint density at radius 2 is 1.68 bits per heavy atom. The van der Waals surface area contributed by atoms with Crippen LogP contribution in [0.1, 0.15) is 25.5 Å². The van der Waals surface area contributed by atoms with Crippen molar-refractivity contribution in [3.05, 3.63) is 65.5 Å². The van der Waals surface area contributed by atoms with Gasteiger partial charge in [0.2, 0.25) is 5.91 Å². The SMILES string of the molecule is CCN(CC)C(CNC(=NC)NCC(=O)Nc1ccc(F)c(F)c1F)c1ccccc1. The normalized spacial score (nSPS) is 12.5. The highest BCUT2D eigenvalue weighted by Gasteiger charge is 2.19. The van der Waals surface area contributed by atoms with Crippen molar-refractivity contribution in [1.82, 2.24) is 15.5 Å². The zero-order valence-corrected chi connectivity index (χ0v) is 17.9. The van der Waals surface area contributed by atoms with Crippen LogP contribution in [0.15, 0.2) is 47.5 Å². The van der Waals surface area contributed by atoms with Crippen LogP contribution in [0.4, 0.5) is 18.9 Å². The molecule has 0 aliphatic rings. The van der Waals surface area contributed by atoms with Gasteiger partial charge in [0, 0.05) is 13.6 Å². The number of carbonyl (C=O) groups is 1. The first-order valence-corrected chi connectivity index (χ1v) is 10.1. The first kappa shape index (κ1) is 24.2. The summed E-state index contributed by atoms with van der Waals surface area (Å²) in [6.45, 7) is 6.23. The van der Waals surface area contributed by atoms with Gasteiger partial charge in [0.1, 0.15) is 0 Å². The number of nitrogens with zero attached hydrogens (tertiary/aromatic N) is 2. The second-order valence-electron chi connectivity index (χ2n) is 6.73. The minimum Gasteiger partial charge on any atom is -0.354 e. The van der Waals surface area contributed by atoms with E-state index in [1.165, 1.54) is 0 Å². The topological polar surface area (TPSA) is 68.8 Å². The quantitative estimate of drug-likeness (QED) is 0.321. The third-order valence-electron chi connectivity index (χ3n) is 4.85. The molecule has 6 nitrogen and oxygen atoms in total. The van der Waals surface area contributed by atoms with Crippen LogP contribution >= 0.6 is 0 Å². The van der Waals surface area contributed by atoms with Gasteiger partial charge in [0.25, 0.3) is 0 Å². The number of likely N-dealkylation sites (N-methyl/N-ethyl adjacent to an activating group) is 1. The highest BCUT2D eigenvalue weighted by atomic mass is 19.2. The van der Waals surface area contributed by atoms with Crippen LogP contribution in [0.5, 0.6) is 0 Å². The van der Waals surface area contributed by atoms with Crippen LogP contribution in [-0.4, -0.2) is 50.0 Å². The minimum absolute atomic E-state index is 0.0971. The van der Waals surface area contributed by atoms with Gasteiger partial charge in [-0.25, -0.2) is 13.2 Å². The lowest BCUT2D eigenvalue weighted by Crippen LogP contribution is -2.45. The molecule has 31 heavy (non-hydrogen) atoms. The number of rotatable bonds is 9. The number of halogens is 3. The molecule has 2 aromatic carbocycles. The van der Waals surface area contributed by atoms with E-state index in [2.05, 4.69) is 51.8 Å². The third-order valence-corrected chi connectivity index (χ3v) is 4.85. The number of aliphatic imine (C=N–C) groups is 1. The lowest BCUT2D eigenvalue weighted by Gasteiger charge is -2.30. The van der Waals surface area contributed by atoms with Crippen molar-refractivity contribution in [2.24, 2.45) is 4.99 Å². The summed E-state index contributed by atoms with van der Waals surface area (Å²) in [7, 11) is 1.57. The molecule has 0 aliphatic carbocycles. The van der Waals surface area contributed by atoms with Gasteiger partial charge in [-0.3, -0.25) is 14.7 Å². The van der Waals surface area contributed by atoms with E-state index in [0.29, 0.717) is 12.5 Å². The number of benzene rings is 2. The van der Waals surface area contributed by atoms with Crippen LogP contribution in [0.3, 0.4) is 0 Å². The first-order chi connectivity index (χ1) is 14.9. The molecular weight excluding hydrogens is 407 g/mol. The maximum absolute atomic E-state index is 13.7. The van der Waals surface area contributed by atoms with Gasteiger partial charge >= 0.3 is 0 Å². The molecule has 0 aliphatic heterocycles. The molecule has 0 saturated heterocycles. The van der Waals surface area contributed by atoms with Crippen molar-refractivity contribution in [1.29, 1.82) is 0 Å². The summed E-state index contributed by atoms with van der Waals surface area (Å²) < 4.78 is 40.0. The molecule has 9 heteroatoms. The summed E-state index contributed by atoms with van der Waals surface area (Å²) in [6.07, 6.45) is 0. The van der Waals surface area contributed by atoms with Crippen molar-refractivity contribution >= 4 is 17.6 Å². The lowest BCUT2D eigenvalue weighted by molar-refractivity contribution is -0.115. The molecular formula is C22H28F3N5O. The predicted molar refractivity (Wildman–Crippen MR) is 116 cm³/mol. The monoisotopic (exact) mass is 435 g/mol. The van der Waals surface area contributed by atoms with E-state index in [0.717, 1.165) is 30.8 Å². The molecule has 3 N–H and O–H groups in total. The van der Waals surface area contributed by atoms with Gasteiger partial charge in [0.05, 0.1) is 18.3 Å². The molecule has 2 aromatic rings. The summed E-state index contributed by atoms with van der Waals surface area (Å²) in [5.74, 6) is -4.64. The average Bonchev–Trinajstić information content (AvgIpc) is 2.79. The van der Waals surface area contributed by atoms with Crippen molar-refractivity contribution in [3.63, 3.8) is 0 Å². The van der Waals surface area contributed by atoms with Gasteiger partial charge < -0.3 is 16.0 Å². The molecule has 1 atom stereocenters. The van der Waals surface area contributed by atoms with Gasteiger partial charge in [-0.2, -0.15) is 0 Å². The molecule has 0 radical (unpaired) electrons. The average molecular weight is 435 g/mol. The zero-order chi connectivity index (χ0) is 22.8. The maximum atomic E-state index is 13.7. The number of hydrogen-bond acceptors (Lipinski definition) is 3. The predicted octanol–water partition coefficient (Wildman–Crippen LogP) is 3.29. The van der Waals surface area contributed by atoms with Gasteiger partial charge in [0.15, 0.2) is 23.4 Å². The number of anilines is 1.